The molecule has 0 unspecified atom stereocenters. The summed E-state index contributed by atoms with van der Waals surface area (Å²) in [7, 11) is 0. The van der Waals surface area contributed by atoms with E-state index in [2.05, 4.69) is 4.98 Å². The molecule has 5 heteroatoms. The highest BCUT2D eigenvalue weighted by atomic mass is 32.1. The number of hydrogen-bond donors (Lipinski definition) is 1. The summed E-state index contributed by atoms with van der Waals surface area (Å²) in [5.74, 6) is 0.0885. The van der Waals surface area contributed by atoms with Gasteiger partial charge in [-0.05, 0) is 18.9 Å². The number of hydrogen-bond acceptors (Lipinski definition) is 4. The minimum atomic E-state index is 0.0885. The number of carbonyl (C=O) groups is 1. The van der Waals surface area contributed by atoms with E-state index in [1.54, 1.807) is 12.4 Å². The van der Waals surface area contributed by atoms with E-state index in [4.69, 9.17) is 5.73 Å². The third-order valence-electron chi connectivity index (χ3n) is 3.87. The van der Waals surface area contributed by atoms with Gasteiger partial charge in [-0.15, -0.1) is 11.3 Å². The van der Waals surface area contributed by atoms with Crippen molar-refractivity contribution >= 4 is 33.0 Å². The summed E-state index contributed by atoms with van der Waals surface area (Å²) in [5, 5.41) is 0.945. The predicted molar refractivity (Wildman–Crippen MR) is 83.0 cm³/mol. The van der Waals surface area contributed by atoms with Gasteiger partial charge in [-0.25, -0.2) is 0 Å². The number of amides is 1. The second-order valence-electron chi connectivity index (χ2n) is 5.28. The maximum atomic E-state index is 12.7. The molecule has 20 heavy (non-hydrogen) atoms. The summed E-state index contributed by atoms with van der Waals surface area (Å²) in [6.07, 6.45) is 9.41. The van der Waals surface area contributed by atoms with Gasteiger partial charge in [0.2, 0.25) is 0 Å². The van der Waals surface area contributed by atoms with Crippen LogP contribution in [-0.4, -0.2) is 28.9 Å². The summed E-state index contributed by atoms with van der Waals surface area (Å²) in [6.45, 7) is 1.70. The minimum Gasteiger partial charge on any atom is -0.397 e. The zero-order valence-electron chi connectivity index (χ0n) is 11.5. The Balaban J connectivity index is 1.89. The molecule has 1 aliphatic heterocycles. The van der Waals surface area contributed by atoms with Crippen molar-refractivity contribution in [2.45, 2.75) is 32.1 Å². The molecule has 1 amide bonds. The lowest BCUT2D eigenvalue weighted by Gasteiger charge is -2.24. The molecule has 106 valence electrons. The zero-order chi connectivity index (χ0) is 13.9. The Kier molecular flexibility index (Phi) is 3.87. The van der Waals surface area contributed by atoms with Crippen LogP contribution in [0.5, 0.6) is 0 Å². The van der Waals surface area contributed by atoms with Crippen molar-refractivity contribution in [1.29, 1.82) is 0 Å². The predicted octanol–water partition coefficient (Wildman–Crippen LogP) is 3.28. The highest BCUT2D eigenvalue weighted by molar-refractivity contribution is 7.21. The Morgan fingerprint density at radius 3 is 2.60 bits per heavy atom. The second-order valence-corrected chi connectivity index (χ2v) is 6.33. The highest BCUT2D eigenvalue weighted by Crippen LogP contribution is 2.33. The minimum absolute atomic E-state index is 0.0885. The standard InChI is InChI=1S/C15H19N3OS/c16-13-11-6-7-17-10-12(11)20-14(13)15(19)18-8-4-2-1-3-5-9-18/h6-7,10H,1-5,8-9,16H2. The van der Waals surface area contributed by atoms with Gasteiger partial charge >= 0.3 is 0 Å². The van der Waals surface area contributed by atoms with Crippen LogP contribution >= 0.6 is 11.3 Å². The fourth-order valence-corrected chi connectivity index (χ4v) is 3.78. The van der Waals surface area contributed by atoms with Gasteiger partial charge in [-0.2, -0.15) is 0 Å². The van der Waals surface area contributed by atoms with Crippen LogP contribution in [-0.2, 0) is 0 Å². The summed E-state index contributed by atoms with van der Waals surface area (Å²) >= 11 is 1.46. The maximum Gasteiger partial charge on any atom is 0.266 e. The molecule has 0 aromatic carbocycles. The van der Waals surface area contributed by atoms with Gasteiger partial charge in [0, 0.05) is 30.9 Å². The van der Waals surface area contributed by atoms with Gasteiger partial charge in [0.1, 0.15) is 4.88 Å². The summed E-state index contributed by atoms with van der Waals surface area (Å²) < 4.78 is 0.986. The number of likely N-dealkylation sites (tertiary alicyclic amines) is 1. The first-order valence-electron chi connectivity index (χ1n) is 7.18. The lowest BCUT2D eigenvalue weighted by Crippen LogP contribution is -2.33. The average molecular weight is 289 g/mol. The highest BCUT2D eigenvalue weighted by Gasteiger charge is 2.22. The molecule has 1 fully saturated rings. The zero-order valence-corrected chi connectivity index (χ0v) is 12.3. The van der Waals surface area contributed by atoms with Crippen LogP contribution in [0.25, 0.3) is 10.1 Å². The smallest absolute Gasteiger partial charge is 0.266 e. The first-order valence-corrected chi connectivity index (χ1v) is 8.00. The van der Waals surface area contributed by atoms with E-state index in [1.807, 2.05) is 11.0 Å². The van der Waals surface area contributed by atoms with E-state index < -0.39 is 0 Å². The topological polar surface area (TPSA) is 59.2 Å². The number of anilines is 1. The van der Waals surface area contributed by atoms with Crippen molar-refractivity contribution in [3.63, 3.8) is 0 Å². The van der Waals surface area contributed by atoms with Crippen LogP contribution in [0, 0.1) is 0 Å². The third kappa shape index (κ3) is 2.50. The van der Waals surface area contributed by atoms with Gasteiger partial charge in [-0.3, -0.25) is 9.78 Å². The van der Waals surface area contributed by atoms with Crippen LogP contribution in [0.15, 0.2) is 18.5 Å². The fourth-order valence-electron chi connectivity index (χ4n) is 2.72. The van der Waals surface area contributed by atoms with Crippen molar-refractivity contribution < 1.29 is 4.79 Å². The van der Waals surface area contributed by atoms with E-state index in [-0.39, 0.29) is 5.91 Å². The van der Waals surface area contributed by atoms with Gasteiger partial charge in [0.05, 0.1) is 10.4 Å². The number of pyridine rings is 1. The van der Waals surface area contributed by atoms with Crippen molar-refractivity contribution in [3.8, 4) is 0 Å². The van der Waals surface area contributed by atoms with Crippen LogP contribution in [0.3, 0.4) is 0 Å². The number of thiophene rings is 1. The van der Waals surface area contributed by atoms with Crippen molar-refractivity contribution in [2.24, 2.45) is 0 Å². The second kappa shape index (κ2) is 5.79. The number of nitrogens with zero attached hydrogens (tertiary/aromatic N) is 2. The van der Waals surface area contributed by atoms with E-state index in [0.717, 1.165) is 36.0 Å². The summed E-state index contributed by atoms with van der Waals surface area (Å²) in [5.41, 5.74) is 6.76. The maximum absolute atomic E-state index is 12.7. The first kappa shape index (κ1) is 13.4. The molecule has 0 saturated carbocycles. The molecular weight excluding hydrogens is 270 g/mol. The Morgan fingerprint density at radius 2 is 1.90 bits per heavy atom. The van der Waals surface area contributed by atoms with E-state index >= 15 is 0 Å². The molecule has 0 radical (unpaired) electrons. The summed E-state index contributed by atoms with van der Waals surface area (Å²) in [6, 6.07) is 1.88. The number of nitrogens with two attached hydrogens (primary N) is 1. The van der Waals surface area contributed by atoms with Gasteiger partial charge in [-0.1, -0.05) is 19.3 Å². The Morgan fingerprint density at radius 1 is 1.20 bits per heavy atom. The fraction of sp³-hybridized carbons (Fsp3) is 0.467. The number of fused-ring (bicyclic) bond motifs is 1. The number of nitrogen functional groups attached to an aromatic ring is 1. The molecular formula is C15H19N3OS. The van der Waals surface area contributed by atoms with Crippen LogP contribution in [0.4, 0.5) is 5.69 Å². The molecule has 2 N–H and O–H groups in total. The molecule has 0 bridgehead atoms. The Hall–Kier alpha value is -1.62. The van der Waals surface area contributed by atoms with Crippen molar-refractivity contribution in [3.05, 3.63) is 23.3 Å². The summed E-state index contributed by atoms with van der Waals surface area (Å²) in [4.78, 5) is 19.4. The van der Waals surface area contributed by atoms with E-state index in [1.165, 1.54) is 30.6 Å². The largest absolute Gasteiger partial charge is 0.397 e. The molecule has 0 aliphatic carbocycles. The third-order valence-corrected chi connectivity index (χ3v) is 5.01. The monoisotopic (exact) mass is 289 g/mol. The molecule has 4 nitrogen and oxygen atoms in total. The molecule has 0 atom stereocenters. The SMILES string of the molecule is Nc1c(C(=O)N2CCCCCCC2)sc2cnccc12. The molecule has 2 aromatic rings. The van der Waals surface area contributed by atoms with Crippen LogP contribution < -0.4 is 5.73 Å². The van der Waals surface area contributed by atoms with Crippen LogP contribution in [0.1, 0.15) is 41.8 Å². The Labute approximate surface area is 122 Å². The lowest BCUT2D eigenvalue weighted by molar-refractivity contribution is 0.0748. The quantitative estimate of drug-likeness (QED) is 0.876. The molecule has 0 spiro atoms. The number of carbonyl (C=O) groups excluding carboxylic acids is 1. The Bertz CT molecular complexity index is 615. The number of aromatic nitrogens is 1. The molecule has 1 aliphatic rings. The van der Waals surface area contributed by atoms with Gasteiger partial charge in [0.25, 0.3) is 5.91 Å². The molecule has 3 rings (SSSR count). The van der Waals surface area contributed by atoms with Gasteiger partial charge in [0.15, 0.2) is 0 Å². The first-order chi connectivity index (χ1) is 9.77. The van der Waals surface area contributed by atoms with Crippen LogP contribution in [0.2, 0.25) is 0 Å². The average Bonchev–Trinajstić information content (AvgIpc) is 2.76. The van der Waals surface area contributed by atoms with Gasteiger partial charge < -0.3 is 10.6 Å². The molecule has 1 saturated heterocycles. The normalized spacial score (nSPS) is 16.9. The number of rotatable bonds is 1. The van der Waals surface area contributed by atoms with Crippen molar-refractivity contribution in [1.82, 2.24) is 9.88 Å². The van der Waals surface area contributed by atoms with E-state index in [9.17, 15) is 4.79 Å². The molecule has 3 heterocycles. The van der Waals surface area contributed by atoms with Crippen molar-refractivity contribution in [2.75, 3.05) is 18.8 Å². The molecule has 2 aromatic heterocycles. The lowest BCUT2D eigenvalue weighted by atomic mass is 10.1. The van der Waals surface area contributed by atoms with E-state index in [0.29, 0.717) is 10.6 Å².